The summed E-state index contributed by atoms with van der Waals surface area (Å²) < 4.78 is 5.55. The van der Waals surface area contributed by atoms with Crippen LogP contribution in [0.15, 0.2) is 0 Å². The first-order chi connectivity index (χ1) is 8.61. The summed E-state index contributed by atoms with van der Waals surface area (Å²) in [5, 5.41) is 3.02. The summed E-state index contributed by atoms with van der Waals surface area (Å²) in [7, 11) is 0. The van der Waals surface area contributed by atoms with Crippen molar-refractivity contribution in [2.24, 2.45) is 11.7 Å². The van der Waals surface area contributed by atoms with Crippen LogP contribution in [0.1, 0.15) is 33.1 Å². The lowest BCUT2D eigenvalue weighted by Gasteiger charge is -2.43. The molecular weight excluding hydrogens is 230 g/mol. The number of nitrogens with zero attached hydrogens (tertiary/aromatic N) is 1. The number of nitrogens with one attached hydrogen (secondary N) is 1. The second-order valence-electron chi connectivity index (χ2n) is 5.54. The molecule has 3 atom stereocenters. The molecule has 0 aromatic heterocycles. The number of piperidine rings is 1. The minimum absolute atomic E-state index is 0.0169. The lowest BCUT2D eigenvalue weighted by atomic mass is 9.83. The van der Waals surface area contributed by atoms with Crippen LogP contribution in [0.5, 0.6) is 0 Å². The van der Waals surface area contributed by atoms with Crippen molar-refractivity contribution in [1.29, 1.82) is 0 Å². The van der Waals surface area contributed by atoms with E-state index in [1.165, 1.54) is 0 Å². The highest BCUT2D eigenvalue weighted by molar-refractivity contribution is 5.75. The summed E-state index contributed by atoms with van der Waals surface area (Å²) in [6.45, 7) is 6.59. The van der Waals surface area contributed by atoms with Gasteiger partial charge in [0.2, 0.25) is 0 Å². The van der Waals surface area contributed by atoms with Crippen LogP contribution in [0.2, 0.25) is 0 Å². The van der Waals surface area contributed by atoms with Gasteiger partial charge in [-0.2, -0.15) is 0 Å². The van der Waals surface area contributed by atoms with Crippen LogP contribution in [-0.4, -0.2) is 48.8 Å². The third-order valence-electron chi connectivity index (χ3n) is 4.11. The monoisotopic (exact) mass is 255 g/mol. The van der Waals surface area contributed by atoms with Crippen molar-refractivity contribution < 1.29 is 9.53 Å². The molecule has 1 aliphatic heterocycles. The summed E-state index contributed by atoms with van der Waals surface area (Å²) in [5.74, 6) is 0.733. The molecule has 3 N–H and O–H groups in total. The molecular formula is C13H25N3O2. The summed E-state index contributed by atoms with van der Waals surface area (Å²) in [6, 6.07) is 0.0396. The second kappa shape index (κ2) is 5.89. The zero-order valence-corrected chi connectivity index (χ0v) is 11.4. The lowest BCUT2D eigenvalue weighted by Crippen LogP contribution is -2.66. The number of nitrogens with two attached hydrogens (primary N) is 1. The van der Waals surface area contributed by atoms with Crippen molar-refractivity contribution in [1.82, 2.24) is 10.2 Å². The van der Waals surface area contributed by atoms with Gasteiger partial charge >= 0.3 is 6.03 Å². The molecule has 2 amide bonds. The summed E-state index contributed by atoms with van der Waals surface area (Å²) in [5.41, 5.74) is 5.93. The molecule has 0 spiro atoms. The Morgan fingerprint density at radius 3 is 2.67 bits per heavy atom. The third kappa shape index (κ3) is 2.95. The van der Waals surface area contributed by atoms with Crippen LogP contribution in [0, 0.1) is 5.92 Å². The molecule has 3 unspecified atom stereocenters. The Hall–Kier alpha value is -0.810. The van der Waals surface area contributed by atoms with Crippen LogP contribution in [0.4, 0.5) is 4.79 Å². The molecule has 0 aromatic rings. The highest BCUT2D eigenvalue weighted by atomic mass is 16.5. The zero-order chi connectivity index (χ0) is 13.1. The van der Waals surface area contributed by atoms with Crippen molar-refractivity contribution in [3.05, 3.63) is 0 Å². The maximum atomic E-state index is 12.1. The number of rotatable bonds is 3. The van der Waals surface area contributed by atoms with Gasteiger partial charge in [-0.3, -0.25) is 0 Å². The average molecular weight is 255 g/mol. The second-order valence-corrected chi connectivity index (χ2v) is 5.54. The van der Waals surface area contributed by atoms with Crippen molar-refractivity contribution in [3.8, 4) is 0 Å². The number of amides is 2. The van der Waals surface area contributed by atoms with Crippen molar-refractivity contribution in [3.63, 3.8) is 0 Å². The van der Waals surface area contributed by atoms with E-state index in [4.69, 9.17) is 10.5 Å². The molecule has 5 nitrogen and oxygen atoms in total. The molecule has 104 valence electrons. The highest BCUT2D eigenvalue weighted by Gasteiger charge is 2.41. The van der Waals surface area contributed by atoms with Crippen LogP contribution < -0.4 is 11.1 Å². The summed E-state index contributed by atoms with van der Waals surface area (Å²) in [6.07, 6.45) is 3.13. The first-order valence-electron chi connectivity index (χ1n) is 7.04. The largest absolute Gasteiger partial charge is 0.376 e. The van der Waals surface area contributed by atoms with Crippen LogP contribution in [0.3, 0.4) is 0 Å². The van der Waals surface area contributed by atoms with E-state index >= 15 is 0 Å². The number of urea groups is 1. The molecule has 1 heterocycles. The van der Waals surface area contributed by atoms with E-state index in [1.807, 2.05) is 11.8 Å². The predicted molar refractivity (Wildman–Crippen MR) is 70.3 cm³/mol. The van der Waals surface area contributed by atoms with Gasteiger partial charge in [0.15, 0.2) is 0 Å². The van der Waals surface area contributed by atoms with E-state index in [-0.39, 0.29) is 24.2 Å². The number of likely N-dealkylation sites (tertiary alicyclic amines) is 1. The molecule has 0 aromatic carbocycles. The van der Waals surface area contributed by atoms with Gasteiger partial charge in [-0.05, 0) is 32.1 Å². The number of ether oxygens (including phenoxy) is 1. The molecule has 0 bridgehead atoms. The molecule has 1 saturated carbocycles. The van der Waals surface area contributed by atoms with Gasteiger partial charge in [-0.1, -0.05) is 6.92 Å². The summed E-state index contributed by atoms with van der Waals surface area (Å²) >= 11 is 0. The van der Waals surface area contributed by atoms with Crippen molar-refractivity contribution in [2.75, 3.05) is 19.7 Å². The summed E-state index contributed by atoms with van der Waals surface area (Å²) in [4.78, 5) is 14.0. The fourth-order valence-corrected chi connectivity index (χ4v) is 2.67. The Labute approximate surface area is 109 Å². The first-order valence-corrected chi connectivity index (χ1v) is 7.04. The molecule has 1 saturated heterocycles. The predicted octanol–water partition coefficient (Wildman–Crippen LogP) is 0.933. The third-order valence-corrected chi connectivity index (χ3v) is 4.11. The minimum Gasteiger partial charge on any atom is -0.376 e. The van der Waals surface area contributed by atoms with E-state index < -0.39 is 0 Å². The van der Waals surface area contributed by atoms with Crippen molar-refractivity contribution in [2.45, 2.75) is 51.3 Å². The van der Waals surface area contributed by atoms with Gasteiger partial charge in [0.25, 0.3) is 0 Å². The van der Waals surface area contributed by atoms with Gasteiger partial charge in [0.1, 0.15) is 0 Å². The Kier molecular flexibility index (Phi) is 4.45. The Balaban J connectivity index is 1.79. The minimum atomic E-state index is -0.0169. The number of carbonyl (C=O) groups is 1. The van der Waals surface area contributed by atoms with E-state index in [1.54, 1.807) is 0 Å². The molecule has 18 heavy (non-hydrogen) atoms. The first kappa shape index (κ1) is 13.6. The van der Waals surface area contributed by atoms with E-state index in [2.05, 4.69) is 12.2 Å². The Bertz CT molecular complexity index is 288. The van der Waals surface area contributed by atoms with E-state index in [9.17, 15) is 4.79 Å². The maximum absolute atomic E-state index is 12.1. The molecule has 2 rings (SSSR count). The fourth-order valence-electron chi connectivity index (χ4n) is 2.67. The SMILES string of the molecule is CCOC1CC(N)C1NC(=O)N1CCC(C)CC1. The van der Waals surface area contributed by atoms with Gasteiger partial charge in [0.05, 0.1) is 12.1 Å². The molecule has 2 fully saturated rings. The lowest BCUT2D eigenvalue weighted by molar-refractivity contribution is -0.0298. The number of carbonyl (C=O) groups excluding carboxylic acids is 1. The maximum Gasteiger partial charge on any atom is 0.317 e. The molecule has 1 aliphatic carbocycles. The quantitative estimate of drug-likeness (QED) is 0.788. The Morgan fingerprint density at radius 2 is 2.11 bits per heavy atom. The van der Waals surface area contributed by atoms with Crippen LogP contribution >= 0.6 is 0 Å². The normalized spacial score (nSPS) is 33.1. The zero-order valence-electron chi connectivity index (χ0n) is 11.4. The van der Waals surface area contributed by atoms with Crippen molar-refractivity contribution >= 4 is 6.03 Å². The van der Waals surface area contributed by atoms with Gasteiger partial charge in [-0.25, -0.2) is 4.79 Å². The van der Waals surface area contributed by atoms with Gasteiger partial charge in [0, 0.05) is 25.7 Å². The number of hydrogen-bond acceptors (Lipinski definition) is 3. The van der Waals surface area contributed by atoms with Gasteiger partial charge in [-0.15, -0.1) is 0 Å². The standard InChI is InChI=1S/C13H25N3O2/c1-3-18-11-8-10(14)12(11)15-13(17)16-6-4-9(2)5-7-16/h9-12H,3-8,14H2,1-2H3,(H,15,17). The number of hydrogen-bond donors (Lipinski definition) is 2. The topological polar surface area (TPSA) is 67.6 Å². The van der Waals surface area contributed by atoms with E-state index in [0.29, 0.717) is 6.61 Å². The van der Waals surface area contributed by atoms with Crippen LogP contribution in [0.25, 0.3) is 0 Å². The molecule has 0 radical (unpaired) electrons. The smallest absolute Gasteiger partial charge is 0.317 e. The molecule has 5 heteroatoms. The molecule has 2 aliphatic rings. The van der Waals surface area contributed by atoms with Gasteiger partial charge < -0.3 is 20.7 Å². The average Bonchev–Trinajstić information content (AvgIpc) is 2.36. The van der Waals surface area contributed by atoms with E-state index in [0.717, 1.165) is 38.3 Å². The Morgan fingerprint density at radius 1 is 1.44 bits per heavy atom. The fraction of sp³-hybridized carbons (Fsp3) is 0.923. The highest BCUT2D eigenvalue weighted by Crippen LogP contribution is 2.23. The van der Waals surface area contributed by atoms with Crippen LogP contribution in [-0.2, 0) is 4.74 Å².